The van der Waals surface area contributed by atoms with Crippen molar-refractivity contribution in [2.24, 2.45) is 5.41 Å². The van der Waals surface area contributed by atoms with Gasteiger partial charge in [-0.2, -0.15) is 0 Å². The largest absolute Gasteiger partial charge is 0.335 e. The lowest BCUT2D eigenvalue weighted by Gasteiger charge is -2.30. The molecule has 2 aromatic carbocycles. The molecule has 0 bridgehead atoms. The molecule has 33 heavy (non-hydrogen) atoms. The van der Waals surface area contributed by atoms with Crippen molar-refractivity contribution in [2.45, 2.75) is 44.4 Å². The molecule has 178 valence electrons. The van der Waals surface area contributed by atoms with Crippen molar-refractivity contribution in [1.29, 1.82) is 0 Å². The van der Waals surface area contributed by atoms with Gasteiger partial charge in [-0.25, -0.2) is 30.7 Å². The summed E-state index contributed by atoms with van der Waals surface area (Å²) in [6.07, 6.45) is -1.02. The number of likely N-dealkylation sites (tertiary alicyclic amines) is 1. The van der Waals surface area contributed by atoms with Gasteiger partial charge in [0, 0.05) is 23.6 Å². The number of carbonyl (C=O) groups excluding carboxylic acids is 1. The minimum atomic E-state index is -4.31. The van der Waals surface area contributed by atoms with Crippen LogP contribution in [0.3, 0.4) is 0 Å². The second-order valence-electron chi connectivity index (χ2n) is 8.83. The molecule has 2 fully saturated rings. The normalized spacial score (nSPS) is 22.5. The van der Waals surface area contributed by atoms with Gasteiger partial charge in [-0.15, -0.1) is 0 Å². The average Bonchev–Trinajstić information content (AvgIpc) is 3.51. The summed E-state index contributed by atoms with van der Waals surface area (Å²) in [6, 6.07) is 6.77. The van der Waals surface area contributed by atoms with Crippen LogP contribution >= 0.6 is 0 Å². The maximum atomic E-state index is 15.5. The maximum Gasteiger partial charge on any atom is 0.257 e. The quantitative estimate of drug-likeness (QED) is 0.609. The van der Waals surface area contributed by atoms with Gasteiger partial charge >= 0.3 is 0 Å². The number of rotatable bonds is 7. The fourth-order valence-corrected chi connectivity index (χ4v) is 5.60. The Hall–Kier alpha value is -2.46. The maximum absolute atomic E-state index is 15.5. The molecule has 4 rings (SSSR count). The SMILES string of the molecule is CC(F)C(=O)N1CC2(CC2)[C@H](NS(=O)(=O)CF)[C@@H]1Cc1cc(F)cc(-c2ccccc2)c1F. The zero-order chi connectivity index (χ0) is 24.0. The number of hydrogen-bond donors (Lipinski definition) is 1. The van der Waals surface area contributed by atoms with Gasteiger partial charge < -0.3 is 4.90 Å². The lowest BCUT2D eigenvalue weighted by molar-refractivity contribution is -0.137. The van der Waals surface area contributed by atoms with Crippen LogP contribution in [0.25, 0.3) is 11.1 Å². The van der Waals surface area contributed by atoms with Crippen LogP contribution in [-0.4, -0.2) is 50.0 Å². The molecule has 1 heterocycles. The zero-order valence-electron chi connectivity index (χ0n) is 17.9. The molecular weight excluding hydrogens is 460 g/mol. The van der Waals surface area contributed by atoms with E-state index in [0.717, 1.165) is 19.1 Å². The van der Waals surface area contributed by atoms with Crippen molar-refractivity contribution in [1.82, 2.24) is 9.62 Å². The third-order valence-corrected chi connectivity index (χ3v) is 7.42. The monoisotopic (exact) mass is 484 g/mol. The molecular formula is C23H24F4N2O3S. The third kappa shape index (κ3) is 4.63. The molecule has 3 atom stereocenters. The summed E-state index contributed by atoms with van der Waals surface area (Å²) in [5.41, 5.74) is -0.294. The van der Waals surface area contributed by atoms with E-state index in [1.54, 1.807) is 30.3 Å². The van der Waals surface area contributed by atoms with Gasteiger partial charge in [0.1, 0.15) is 11.6 Å². The van der Waals surface area contributed by atoms with Crippen LogP contribution in [-0.2, 0) is 21.2 Å². The molecule has 1 amide bonds. The van der Waals surface area contributed by atoms with Gasteiger partial charge in [-0.3, -0.25) is 4.79 Å². The second kappa shape index (κ2) is 8.72. The zero-order valence-corrected chi connectivity index (χ0v) is 18.7. The third-order valence-electron chi connectivity index (χ3n) is 6.52. The summed E-state index contributed by atoms with van der Waals surface area (Å²) in [6.45, 7) is 1.13. The summed E-state index contributed by atoms with van der Waals surface area (Å²) in [5.74, 6) is -2.29. The van der Waals surface area contributed by atoms with E-state index in [1.165, 1.54) is 4.90 Å². The van der Waals surface area contributed by atoms with E-state index in [0.29, 0.717) is 18.4 Å². The lowest BCUT2D eigenvalue weighted by Crippen LogP contribution is -2.51. The molecule has 1 aliphatic carbocycles. The number of nitrogens with one attached hydrogen (secondary N) is 1. The molecule has 1 saturated heterocycles. The number of nitrogens with zero attached hydrogens (tertiary/aromatic N) is 1. The highest BCUT2D eigenvalue weighted by Gasteiger charge is 2.61. The Balaban J connectivity index is 1.76. The Morgan fingerprint density at radius 2 is 1.88 bits per heavy atom. The van der Waals surface area contributed by atoms with Gasteiger partial charge in [-0.05, 0) is 49.4 Å². The molecule has 2 aromatic rings. The van der Waals surface area contributed by atoms with Crippen molar-refractivity contribution >= 4 is 15.9 Å². The number of benzene rings is 2. The number of alkyl halides is 2. The topological polar surface area (TPSA) is 66.5 Å². The van der Waals surface area contributed by atoms with Crippen LogP contribution in [0.1, 0.15) is 25.3 Å². The Labute approximate surface area is 189 Å². The number of sulfonamides is 1. The first-order valence-corrected chi connectivity index (χ1v) is 12.3. The van der Waals surface area contributed by atoms with Gasteiger partial charge in [0.15, 0.2) is 6.17 Å². The number of amides is 1. The van der Waals surface area contributed by atoms with Crippen molar-refractivity contribution < 1.29 is 30.8 Å². The summed E-state index contributed by atoms with van der Waals surface area (Å²) in [4.78, 5) is 13.8. The van der Waals surface area contributed by atoms with Crippen LogP contribution < -0.4 is 4.72 Å². The molecule has 0 radical (unpaired) electrons. The standard InChI is InChI=1S/C23H24F4N2O3S/c1-14(25)22(30)29-12-23(7-8-23)21(28-33(31,32)13-24)19(29)10-16-9-17(26)11-18(20(16)27)15-5-3-2-4-6-15/h2-6,9,11,14,19,21,28H,7-8,10,12-13H2,1H3/t14?,19-,21+/m0/s1. The van der Waals surface area contributed by atoms with Crippen LogP contribution in [0.2, 0.25) is 0 Å². The lowest BCUT2D eigenvalue weighted by atomic mass is 9.91. The highest BCUT2D eigenvalue weighted by molar-refractivity contribution is 7.89. The van der Waals surface area contributed by atoms with E-state index >= 15 is 4.39 Å². The molecule has 0 aromatic heterocycles. The molecule has 1 N–H and O–H groups in total. The molecule has 1 unspecified atom stereocenters. The Morgan fingerprint density at radius 1 is 1.21 bits per heavy atom. The first kappa shape index (κ1) is 23.7. The van der Waals surface area contributed by atoms with Crippen molar-refractivity contribution in [3.05, 3.63) is 59.7 Å². The van der Waals surface area contributed by atoms with Gasteiger partial charge in [0.05, 0.1) is 6.04 Å². The summed E-state index contributed by atoms with van der Waals surface area (Å²) >= 11 is 0. The first-order chi connectivity index (χ1) is 15.6. The Kier molecular flexibility index (Phi) is 6.26. The van der Waals surface area contributed by atoms with E-state index in [-0.39, 0.29) is 24.1 Å². The van der Waals surface area contributed by atoms with Crippen LogP contribution in [0.5, 0.6) is 0 Å². The minimum absolute atomic E-state index is 0.0161. The summed E-state index contributed by atoms with van der Waals surface area (Å²) in [7, 11) is -4.31. The molecule has 1 saturated carbocycles. The van der Waals surface area contributed by atoms with Crippen molar-refractivity contribution in [3.8, 4) is 11.1 Å². The predicted molar refractivity (Wildman–Crippen MR) is 115 cm³/mol. The Bertz CT molecular complexity index is 1150. The second-order valence-corrected chi connectivity index (χ2v) is 10.5. The van der Waals surface area contributed by atoms with Crippen LogP contribution in [0, 0.1) is 17.0 Å². The van der Waals surface area contributed by atoms with E-state index < -0.39 is 57.2 Å². The average molecular weight is 485 g/mol. The van der Waals surface area contributed by atoms with E-state index in [1.807, 2.05) is 0 Å². The molecule has 1 aliphatic heterocycles. The van der Waals surface area contributed by atoms with Gasteiger partial charge in [0.25, 0.3) is 5.91 Å². The summed E-state index contributed by atoms with van der Waals surface area (Å²) in [5, 5.41) is 0. The first-order valence-electron chi connectivity index (χ1n) is 10.6. The van der Waals surface area contributed by atoms with Crippen molar-refractivity contribution in [2.75, 3.05) is 12.6 Å². The fraction of sp³-hybridized carbons (Fsp3) is 0.435. The Morgan fingerprint density at radius 3 is 2.45 bits per heavy atom. The fourth-order valence-electron chi connectivity index (χ4n) is 4.75. The predicted octanol–water partition coefficient (Wildman–Crippen LogP) is 3.74. The highest BCUT2D eigenvalue weighted by Crippen LogP contribution is 2.55. The van der Waals surface area contributed by atoms with E-state index in [4.69, 9.17) is 0 Å². The van der Waals surface area contributed by atoms with Gasteiger partial charge in [-0.1, -0.05) is 30.3 Å². The van der Waals surface area contributed by atoms with Crippen LogP contribution in [0.15, 0.2) is 42.5 Å². The molecule has 2 aliphatic rings. The number of hydrogen-bond acceptors (Lipinski definition) is 3. The minimum Gasteiger partial charge on any atom is -0.335 e. The molecule has 10 heteroatoms. The van der Waals surface area contributed by atoms with E-state index in [2.05, 4.69) is 4.72 Å². The smallest absolute Gasteiger partial charge is 0.257 e. The van der Waals surface area contributed by atoms with E-state index in [9.17, 15) is 26.4 Å². The van der Waals surface area contributed by atoms with Crippen LogP contribution in [0.4, 0.5) is 17.6 Å². The molecule has 5 nitrogen and oxygen atoms in total. The number of carbonyl (C=O) groups is 1. The van der Waals surface area contributed by atoms with Crippen molar-refractivity contribution in [3.63, 3.8) is 0 Å². The summed E-state index contributed by atoms with van der Waals surface area (Å²) < 4.78 is 83.4. The molecule has 1 spiro atoms. The highest BCUT2D eigenvalue weighted by atomic mass is 32.2. The number of halogens is 4. The van der Waals surface area contributed by atoms with Gasteiger partial charge in [0.2, 0.25) is 16.0 Å².